The van der Waals surface area contributed by atoms with Gasteiger partial charge in [-0.3, -0.25) is 4.79 Å². The monoisotopic (exact) mass is 261 g/mol. The first-order valence-electron chi connectivity index (χ1n) is 5.44. The third-order valence-electron chi connectivity index (χ3n) is 2.63. The lowest BCUT2D eigenvalue weighted by atomic mass is 10.1. The van der Waals surface area contributed by atoms with Gasteiger partial charge in [-0.1, -0.05) is 17.7 Å². The van der Waals surface area contributed by atoms with Gasteiger partial charge in [0, 0.05) is 5.69 Å². The third kappa shape index (κ3) is 2.84. The Kier molecular flexibility index (Phi) is 3.58. The number of rotatable bonds is 2. The molecule has 0 radical (unpaired) electrons. The number of anilines is 1. The molecule has 1 amide bonds. The molecule has 0 fully saturated rings. The molecule has 0 atom stereocenters. The first-order chi connectivity index (χ1) is 8.56. The first kappa shape index (κ1) is 12.5. The molecule has 0 saturated heterocycles. The van der Waals surface area contributed by atoms with Crippen molar-refractivity contribution in [2.24, 2.45) is 0 Å². The molecule has 5 heteroatoms. The molecular formula is C13H12ClN3O. The molecule has 0 unspecified atom stereocenters. The van der Waals surface area contributed by atoms with Crippen LogP contribution in [0, 0.1) is 13.8 Å². The van der Waals surface area contributed by atoms with Crippen LogP contribution in [0.2, 0.25) is 5.15 Å². The van der Waals surface area contributed by atoms with E-state index in [1.807, 2.05) is 32.0 Å². The molecule has 0 saturated carbocycles. The number of hydrogen-bond acceptors (Lipinski definition) is 3. The van der Waals surface area contributed by atoms with Gasteiger partial charge in [0.2, 0.25) is 0 Å². The van der Waals surface area contributed by atoms with Crippen molar-refractivity contribution in [1.29, 1.82) is 0 Å². The fourth-order valence-corrected chi connectivity index (χ4v) is 1.55. The minimum Gasteiger partial charge on any atom is -0.321 e. The second-order valence-corrected chi connectivity index (χ2v) is 4.38. The Bertz CT molecular complexity index is 581. The van der Waals surface area contributed by atoms with Crippen LogP contribution in [0.5, 0.6) is 0 Å². The van der Waals surface area contributed by atoms with Gasteiger partial charge in [0.1, 0.15) is 0 Å². The molecule has 1 aromatic carbocycles. The zero-order valence-electron chi connectivity index (χ0n) is 10.1. The highest BCUT2D eigenvalue weighted by atomic mass is 35.5. The molecule has 2 rings (SSSR count). The lowest BCUT2D eigenvalue weighted by molar-refractivity contribution is 0.102. The van der Waals surface area contributed by atoms with Crippen LogP contribution in [0.15, 0.2) is 30.3 Å². The van der Waals surface area contributed by atoms with Crippen molar-refractivity contribution >= 4 is 23.2 Å². The number of carbonyl (C=O) groups excluding carboxylic acids is 1. The van der Waals surface area contributed by atoms with E-state index in [1.54, 1.807) is 0 Å². The highest BCUT2D eigenvalue weighted by molar-refractivity contribution is 6.29. The van der Waals surface area contributed by atoms with Gasteiger partial charge >= 0.3 is 0 Å². The average molecular weight is 262 g/mol. The number of carbonyl (C=O) groups is 1. The average Bonchev–Trinajstić information content (AvgIpc) is 2.34. The van der Waals surface area contributed by atoms with Gasteiger partial charge in [-0.15, -0.1) is 10.2 Å². The molecule has 92 valence electrons. The van der Waals surface area contributed by atoms with Crippen LogP contribution in [0.3, 0.4) is 0 Å². The fourth-order valence-electron chi connectivity index (χ4n) is 1.45. The highest BCUT2D eigenvalue weighted by Crippen LogP contribution is 2.15. The maximum absolute atomic E-state index is 11.9. The predicted octanol–water partition coefficient (Wildman–Crippen LogP) is 3.00. The van der Waals surface area contributed by atoms with E-state index in [0.29, 0.717) is 0 Å². The molecule has 2 aromatic rings. The van der Waals surface area contributed by atoms with E-state index < -0.39 is 0 Å². The van der Waals surface area contributed by atoms with E-state index >= 15 is 0 Å². The number of nitrogens with one attached hydrogen (secondary N) is 1. The summed E-state index contributed by atoms with van der Waals surface area (Å²) in [5.41, 5.74) is 3.27. The number of halogens is 1. The summed E-state index contributed by atoms with van der Waals surface area (Å²) in [5.74, 6) is -0.303. The highest BCUT2D eigenvalue weighted by Gasteiger charge is 2.08. The Labute approximate surface area is 110 Å². The van der Waals surface area contributed by atoms with Crippen LogP contribution in [0.4, 0.5) is 5.69 Å². The third-order valence-corrected chi connectivity index (χ3v) is 2.83. The molecular weight excluding hydrogens is 250 g/mol. The minimum absolute atomic E-state index is 0.234. The van der Waals surface area contributed by atoms with E-state index in [1.165, 1.54) is 17.7 Å². The van der Waals surface area contributed by atoms with Crippen molar-refractivity contribution in [1.82, 2.24) is 10.2 Å². The number of benzene rings is 1. The Morgan fingerprint density at radius 3 is 2.50 bits per heavy atom. The Balaban J connectivity index is 2.16. The Morgan fingerprint density at radius 2 is 1.89 bits per heavy atom. The summed E-state index contributed by atoms with van der Waals surface area (Å²) in [5, 5.41) is 10.4. The van der Waals surface area contributed by atoms with Crippen LogP contribution < -0.4 is 5.32 Å². The lowest BCUT2D eigenvalue weighted by Crippen LogP contribution is -2.14. The Hall–Kier alpha value is -1.94. The molecule has 0 bridgehead atoms. The first-order valence-corrected chi connectivity index (χ1v) is 5.82. The van der Waals surface area contributed by atoms with Crippen molar-refractivity contribution in [2.45, 2.75) is 13.8 Å². The second-order valence-electron chi connectivity index (χ2n) is 3.99. The topological polar surface area (TPSA) is 54.9 Å². The largest absolute Gasteiger partial charge is 0.321 e. The number of hydrogen-bond donors (Lipinski definition) is 1. The van der Waals surface area contributed by atoms with Gasteiger partial charge in [0.15, 0.2) is 10.8 Å². The summed E-state index contributed by atoms with van der Waals surface area (Å²) in [6.07, 6.45) is 0. The normalized spacial score (nSPS) is 10.2. The number of nitrogens with zero attached hydrogens (tertiary/aromatic N) is 2. The molecule has 0 aliphatic rings. The summed E-state index contributed by atoms with van der Waals surface area (Å²) in [7, 11) is 0. The van der Waals surface area contributed by atoms with Gasteiger partial charge in [0.05, 0.1) is 0 Å². The summed E-state index contributed by atoms with van der Waals surface area (Å²) >= 11 is 5.61. The molecule has 4 nitrogen and oxygen atoms in total. The van der Waals surface area contributed by atoms with E-state index in [9.17, 15) is 4.79 Å². The van der Waals surface area contributed by atoms with E-state index in [2.05, 4.69) is 15.5 Å². The van der Waals surface area contributed by atoms with Crippen LogP contribution in [0.25, 0.3) is 0 Å². The van der Waals surface area contributed by atoms with Crippen LogP contribution >= 0.6 is 11.6 Å². The van der Waals surface area contributed by atoms with Crippen molar-refractivity contribution in [3.05, 3.63) is 52.3 Å². The quantitative estimate of drug-likeness (QED) is 0.904. The van der Waals surface area contributed by atoms with Crippen molar-refractivity contribution in [3.63, 3.8) is 0 Å². The SMILES string of the molecule is Cc1ccc(NC(=O)c2ccc(Cl)nn2)cc1C. The van der Waals surface area contributed by atoms with Gasteiger partial charge in [-0.25, -0.2) is 0 Å². The maximum Gasteiger partial charge on any atom is 0.276 e. The van der Waals surface area contributed by atoms with Crippen LogP contribution in [-0.4, -0.2) is 16.1 Å². The number of aromatic nitrogens is 2. The van der Waals surface area contributed by atoms with Crippen LogP contribution in [-0.2, 0) is 0 Å². The summed E-state index contributed by atoms with van der Waals surface area (Å²) in [6.45, 7) is 4.01. The number of aryl methyl sites for hydroxylation is 2. The fraction of sp³-hybridized carbons (Fsp3) is 0.154. The van der Waals surface area contributed by atoms with Crippen LogP contribution in [0.1, 0.15) is 21.6 Å². The summed E-state index contributed by atoms with van der Waals surface area (Å²) < 4.78 is 0. The molecule has 18 heavy (non-hydrogen) atoms. The zero-order valence-corrected chi connectivity index (χ0v) is 10.8. The van der Waals surface area contributed by atoms with E-state index in [0.717, 1.165) is 11.3 Å². The Morgan fingerprint density at radius 1 is 1.11 bits per heavy atom. The minimum atomic E-state index is -0.303. The van der Waals surface area contributed by atoms with Gasteiger partial charge in [0.25, 0.3) is 5.91 Å². The van der Waals surface area contributed by atoms with Gasteiger partial charge < -0.3 is 5.32 Å². The lowest BCUT2D eigenvalue weighted by Gasteiger charge is -2.06. The second kappa shape index (κ2) is 5.14. The van der Waals surface area contributed by atoms with E-state index in [4.69, 9.17) is 11.6 Å². The van der Waals surface area contributed by atoms with Crippen molar-refractivity contribution in [3.8, 4) is 0 Å². The van der Waals surface area contributed by atoms with Gasteiger partial charge in [-0.2, -0.15) is 0 Å². The maximum atomic E-state index is 11.9. The molecule has 0 spiro atoms. The molecule has 0 aliphatic heterocycles. The van der Waals surface area contributed by atoms with Crippen molar-refractivity contribution < 1.29 is 4.79 Å². The standard InChI is InChI=1S/C13H12ClN3O/c1-8-3-4-10(7-9(8)2)15-13(18)11-5-6-12(14)17-16-11/h3-7H,1-2H3,(H,15,18). The molecule has 1 aromatic heterocycles. The summed E-state index contributed by atoms with van der Waals surface area (Å²) in [4.78, 5) is 11.9. The summed E-state index contributed by atoms with van der Waals surface area (Å²) in [6, 6.07) is 8.79. The smallest absolute Gasteiger partial charge is 0.276 e. The van der Waals surface area contributed by atoms with E-state index in [-0.39, 0.29) is 16.8 Å². The number of amides is 1. The molecule has 1 heterocycles. The van der Waals surface area contributed by atoms with Gasteiger partial charge in [-0.05, 0) is 49.2 Å². The molecule has 1 N–H and O–H groups in total. The predicted molar refractivity (Wildman–Crippen MR) is 70.9 cm³/mol. The zero-order chi connectivity index (χ0) is 13.1. The van der Waals surface area contributed by atoms with Crippen molar-refractivity contribution in [2.75, 3.05) is 5.32 Å². The molecule has 0 aliphatic carbocycles.